The first-order valence-electron chi connectivity index (χ1n) is 10.4. The fourth-order valence-electron chi connectivity index (χ4n) is 5.08. The van der Waals surface area contributed by atoms with Gasteiger partial charge in [0.1, 0.15) is 5.69 Å². The molecule has 3 saturated carbocycles. The highest BCUT2D eigenvalue weighted by molar-refractivity contribution is 5.78. The molecular formula is C21H28F3N3O5. The highest BCUT2D eigenvalue weighted by Gasteiger charge is 2.60. The third-order valence-corrected chi connectivity index (χ3v) is 6.35. The van der Waals surface area contributed by atoms with Crippen molar-refractivity contribution >= 4 is 12.0 Å². The lowest BCUT2D eigenvalue weighted by Gasteiger charge is -2.61. The number of carbonyl (C=O) groups is 2. The fourth-order valence-corrected chi connectivity index (χ4v) is 5.08. The molecule has 2 bridgehead atoms. The number of carbonyl (C=O) groups excluding carboxylic acids is 1. The van der Waals surface area contributed by atoms with E-state index in [1.807, 2.05) is 0 Å². The van der Waals surface area contributed by atoms with E-state index in [9.17, 15) is 33.0 Å². The Hall–Kier alpha value is -2.56. The molecule has 178 valence electrons. The second kappa shape index (κ2) is 8.09. The molecule has 1 aromatic heterocycles. The maximum absolute atomic E-state index is 12.8. The largest absolute Gasteiger partial charge is 0.468 e. The summed E-state index contributed by atoms with van der Waals surface area (Å²) in [4.78, 5) is 29.1. The maximum atomic E-state index is 12.8. The van der Waals surface area contributed by atoms with Gasteiger partial charge >= 0.3 is 12.3 Å². The molecule has 3 aliphatic rings. The third-order valence-electron chi connectivity index (χ3n) is 6.35. The van der Waals surface area contributed by atoms with Gasteiger partial charge < -0.3 is 20.3 Å². The van der Waals surface area contributed by atoms with Gasteiger partial charge in [-0.1, -0.05) is 6.07 Å². The van der Waals surface area contributed by atoms with Crippen molar-refractivity contribution in [3.05, 3.63) is 23.9 Å². The van der Waals surface area contributed by atoms with Crippen LogP contribution < -0.4 is 10.1 Å². The number of nitrogens with zero attached hydrogens (tertiary/aromatic N) is 2. The fraction of sp³-hybridized carbons (Fsp3) is 0.667. The van der Waals surface area contributed by atoms with Crippen LogP contribution in [0.25, 0.3) is 0 Å². The number of aliphatic hydroxyl groups excluding tert-OH is 1. The van der Waals surface area contributed by atoms with Crippen LogP contribution in [0.1, 0.15) is 58.6 Å². The van der Waals surface area contributed by atoms with Gasteiger partial charge in [0.25, 0.3) is 5.91 Å². The van der Waals surface area contributed by atoms with Crippen LogP contribution in [0, 0.1) is 0 Å². The Labute approximate surface area is 183 Å². The number of amides is 2. The zero-order valence-electron chi connectivity index (χ0n) is 18.2. The molecule has 4 rings (SSSR count). The van der Waals surface area contributed by atoms with E-state index >= 15 is 0 Å². The number of halogens is 3. The van der Waals surface area contributed by atoms with Crippen molar-refractivity contribution in [2.45, 2.75) is 81.8 Å². The second-order valence-corrected chi connectivity index (χ2v) is 9.59. The number of aromatic nitrogens is 1. The van der Waals surface area contributed by atoms with Crippen molar-refractivity contribution in [1.29, 1.82) is 0 Å². The molecule has 1 aromatic rings. The predicted molar refractivity (Wildman–Crippen MR) is 107 cm³/mol. The first kappa shape index (κ1) is 24.1. The number of nitrogens with one attached hydrogen (secondary N) is 1. The minimum absolute atomic E-state index is 0.181. The van der Waals surface area contributed by atoms with Crippen LogP contribution >= 0.6 is 0 Å². The summed E-state index contributed by atoms with van der Waals surface area (Å²) in [7, 11) is 0. The molecule has 11 heteroatoms. The number of pyridine rings is 1. The number of alkyl halides is 3. The molecular weight excluding hydrogens is 431 g/mol. The average molecular weight is 459 g/mol. The Morgan fingerprint density at radius 2 is 1.84 bits per heavy atom. The molecule has 0 radical (unpaired) electrons. The van der Waals surface area contributed by atoms with Crippen LogP contribution in [-0.4, -0.2) is 61.4 Å². The van der Waals surface area contributed by atoms with Crippen LogP contribution in [0.4, 0.5) is 18.0 Å². The van der Waals surface area contributed by atoms with Gasteiger partial charge in [-0.3, -0.25) is 9.69 Å². The van der Waals surface area contributed by atoms with Crippen molar-refractivity contribution in [2.75, 3.05) is 6.61 Å². The monoisotopic (exact) mass is 459 g/mol. The molecule has 0 unspecified atom stereocenters. The van der Waals surface area contributed by atoms with Crippen molar-refractivity contribution in [2.24, 2.45) is 0 Å². The van der Waals surface area contributed by atoms with Crippen LogP contribution in [-0.2, 0) is 11.0 Å². The molecule has 32 heavy (non-hydrogen) atoms. The number of rotatable bonds is 5. The second-order valence-electron chi connectivity index (χ2n) is 9.59. The number of ether oxygens (including phenoxy) is 1. The normalized spacial score (nSPS) is 27.7. The van der Waals surface area contributed by atoms with Crippen molar-refractivity contribution < 1.29 is 37.7 Å². The summed E-state index contributed by atoms with van der Waals surface area (Å²) in [5.74, 6) is -0.863. The molecule has 0 saturated heterocycles. The Morgan fingerprint density at radius 1 is 1.22 bits per heavy atom. The highest BCUT2D eigenvalue weighted by Crippen LogP contribution is 2.51. The SMILES string of the molecule is CC(C)(C)N(C(=O)O)C12CCC(NC(=O)COc3cccc(C(F)(F)F)n3)(CC1)C[C@@H]2O. The highest BCUT2D eigenvalue weighted by atomic mass is 19.4. The molecule has 1 atom stereocenters. The molecule has 0 aromatic carbocycles. The van der Waals surface area contributed by atoms with Crippen LogP contribution in [0.3, 0.4) is 0 Å². The topological polar surface area (TPSA) is 112 Å². The van der Waals surface area contributed by atoms with Crippen molar-refractivity contribution in [3.63, 3.8) is 0 Å². The Morgan fingerprint density at radius 3 is 2.34 bits per heavy atom. The van der Waals surface area contributed by atoms with E-state index in [1.165, 1.54) is 11.0 Å². The Bertz CT molecular complexity index is 876. The summed E-state index contributed by atoms with van der Waals surface area (Å²) in [6.45, 7) is 4.81. The first-order chi connectivity index (χ1) is 14.7. The van der Waals surface area contributed by atoms with Crippen LogP contribution in [0.15, 0.2) is 18.2 Å². The van der Waals surface area contributed by atoms with Gasteiger partial charge in [-0.25, -0.2) is 9.78 Å². The number of carboxylic acid groups (broad SMARTS) is 1. The molecule has 8 nitrogen and oxygen atoms in total. The van der Waals surface area contributed by atoms with E-state index in [0.717, 1.165) is 12.1 Å². The zero-order valence-corrected chi connectivity index (χ0v) is 18.2. The lowest BCUT2D eigenvalue weighted by atomic mass is 9.58. The van der Waals surface area contributed by atoms with Gasteiger partial charge in [-0.05, 0) is 58.9 Å². The maximum Gasteiger partial charge on any atom is 0.433 e. The van der Waals surface area contributed by atoms with E-state index in [4.69, 9.17) is 4.74 Å². The summed E-state index contributed by atoms with van der Waals surface area (Å²) in [6.07, 6.45) is -4.80. The molecule has 1 heterocycles. The zero-order chi connectivity index (χ0) is 23.9. The summed E-state index contributed by atoms with van der Waals surface area (Å²) in [5.41, 5.74) is -3.46. The van der Waals surface area contributed by atoms with Crippen molar-refractivity contribution in [1.82, 2.24) is 15.2 Å². The summed E-state index contributed by atoms with van der Waals surface area (Å²) in [5, 5.41) is 23.6. The molecule has 3 fully saturated rings. The first-order valence-corrected chi connectivity index (χ1v) is 10.4. The van der Waals surface area contributed by atoms with E-state index in [2.05, 4.69) is 10.3 Å². The average Bonchev–Trinajstić information content (AvgIpc) is 2.66. The lowest BCUT2D eigenvalue weighted by molar-refractivity contribution is -0.145. The summed E-state index contributed by atoms with van der Waals surface area (Å²) >= 11 is 0. The number of hydrogen-bond donors (Lipinski definition) is 3. The third kappa shape index (κ3) is 4.62. The molecule has 3 N–H and O–H groups in total. The summed E-state index contributed by atoms with van der Waals surface area (Å²) in [6, 6.07) is 3.18. The lowest BCUT2D eigenvalue weighted by Crippen LogP contribution is -2.73. The van der Waals surface area contributed by atoms with Gasteiger partial charge in [-0.15, -0.1) is 0 Å². The van der Waals surface area contributed by atoms with Crippen molar-refractivity contribution in [3.8, 4) is 5.88 Å². The standard InChI is InChI=1S/C21H28F3N3O5/c1-18(2,3)27(17(30)31)20-9-7-19(8-10-20,11-14(20)28)26-15(29)12-32-16-6-4-5-13(25-16)21(22,23)24/h4-6,14,28H,7-12H2,1-3H3,(H,26,29)(H,30,31)/t14-,19?,20?/m0/s1. The Kier molecular flexibility index (Phi) is 6.09. The minimum atomic E-state index is -4.62. The van der Waals surface area contributed by atoms with E-state index in [-0.39, 0.29) is 12.3 Å². The van der Waals surface area contributed by atoms with Crippen LogP contribution in [0.5, 0.6) is 5.88 Å². The molecule has 2 amide bonds. The Balaban J connectivity index is 1.64. The van der Waals surface area contributed by atoms with Gasteiger partial charge in [0.05, 0.1) is 11.6 Å². The minimum Gasteiger partial charge on any atom is -0.468 e. The van der Waals surface area contributed by atoms with Gasteiger partial charge in [0, 0.05) is 17.1 Å². The van der Waals surface area contributed by atoms with Gasteiger partial charge in [-0.2, -0.15) is 13.2 Å². The van der Waals surface area contributed by atoms with E-state index < -0.39 is 53.2 Å². The quantitative estimate of drug-likeness (QED) is 0.624. The summed E-state index contributed by atoms with van der Waals surface area (Å²) < 4.78 is 43.4. The van der Waals surface area contributed by atoms with Gasteiger partial charge in [0.15, 0.2) is 6.61 Å². The predicted octanol–water partition coefficient (Wildman–Crippen LogP) is 3.19. The van der Waals surface area contributed by atoms with Gasteiger partial charge in [0.2, 0.25) is 5.88 Å². The van der Waals surface area contributed by atoms with E-state index in [1.54, 1.807) is 20.8 Å². The van der Waals surface area contributed by atoms with E-state index in [0.29, 0.717) is 25.7 Å². The molecule has 3 aliphatic carbocycles. The molecule has 0 spiro atoms. The number of fused-ring (bicyclic) bond motifs is 3. The number of aliphatic hydroxyl groups is 1. The molecule has 0 aliphatic heterocycles. The van der Waals surface area contributed by atoms with Crippen LogP contribution in [0.2, 0.25) is 0 Å². The smallest absolute Gasteiger partial charge is 0.433 e. The number of hydrogen-bond acceptors (Lipinski definition) is 5.